The molecule has 0 amide bonds. The van der Waals surface area contributed by atoms with Crippen LogP contribution in [0.1, 0.15) is 46.1 Å². The van der Waals surface area contributed by atoms with Crippen LogP contribution in [0.15, 0.2) is 18.2 Å². The van der Waals surface area contributed by atoms with E-state index in [-0.39, 0.29) is 24.3 Å². The first-order chi connectivity index (χ1) is 12.0. The van der Waals surface area contributed by atoms with Crippen LogP contribution in [0.25, 0.3) is 0 Å². The summed E-state index contributed by atoms with van der Waals surface area (Å²) < 4.78 is 44.6. The highest BCUT2D eigenvalue weighted by atomic mass is 32.2. The van der Waals surface area contributed by atoms with Crippen molar-refractivity contribution in [3.05, 3.63) is 23.8 Å². The van der Waals surface area contributed by atoms with E-state index in [1.54, 1.807) is 27.7 Å². The van der Waals surface area contributed by atoms with E-state index in [1.165, 1.54) is 18.2 Å². The molecule has 1 aromatic carbocycles. The quantitative estimate of drug-likeness (QED) is 0.566. The summed E-state index contributed by atoms with van der Waals surface area (Å²) in [5.74, 6) is -0.303. The summed E-state index contributed by atoms with van der Waals surface area (Å²) in [7, 11) is -4.63. The van der Waals surface area contributed by atoms with E-state index in [4.69, 9.17) is 9.47 Å². The number of anilines is 1. The highest BCUT2D eigenvalue weighted by molar-refractivity contribution is 7.87. The van der Waals surface area contributed by atoms with E-state index < -0.39 is 34.5 Å². The number of ketones is 1. The number of Topliss-reactive ketones (excluding diaryl/α,β-unsaturated/α-hetero) is 1. The van der Waals surface area contributed by atoms with Gasteiger partial charge in [-0.1, -0.05) is 13.8 Å². The molecule has 1 heterocycles. The normalized spacial score (nSPS) is 18.0. The Morgan fingerprint density at radius 3 is 2.46 bits per heavy atom. The van der Waals surface area contributed by atoms with Crippen molar-refractivity contribution in [3.63, 3.8) is 0 Å². The second-order valence-electron chi connectivity index (χ2n) is 6.57. The monoisotopic (exact) mass is 385 g/mol. The maximum absolute atomic E-state index is 11.7. The first-order valence-corrected chi connectivity index (χ1v) is 9.67. The van der Waals surface area contributed by atoms with Gasteiger partial charge in [0.05, 0.1) is 17.6 Å². The number of carbonyl (C=O) groups is 2. The Bertz CT molecular complexity index is 816. The van der Waals surface area contributed by atoms with Crippen LogP contribution in [-0.4, -0.2) is 37.6 Å². The number of fused-ring (bicyclic) bond motifs is 1. The van der Waals surface area contributed by atoms with Crippen molar-refractivity contribution in [2.24, 2.45) is 0 Å². The molecule has 0 aromatic heterocycles. The summed E-state index contributed by atoms with van der Waals surface area (Å²) in [6.45, 7) is 6.40. The molecule has 0 bridgehead atoms. The van der Waals surface area contributed by atoms with Crippen molar-refractivity contribution in [2.45, 2.75) is 52.2 Å². The van der Waals surface area contributed by atoms with Gasteiger partial charge in [0, 0.05) is 18.4 Å². The summed E-state index contributed by atoms with van der Waals surface area (Å²) in [5, 5.41) is 0. The number of nitrogens with zero attached hydrogens (tertiary/aromatic N) is 1. The van der Waals surface area contributed by atoms with Crippen LogP contribution >= 0.6 is 0 Å². The van der Waals surface area contributed by atoms with Crippen LogP contribution in [-0.2, 0) is 30.0 Å². The Kier molecular flexibility index (Phi) is 5.62. The van der Waals surface area contributed by atoms with Gasteiger partial charge in [0.2, 0.25) is 0 Å². The number of ether oxygens (including phenoxy) is 2. The molecule has 144 valence electrons. The molecule has 8 nitrogen and oxygen atoms in total. The number of hydrogen-bond acceptors (Lipinski definition) is 6. The zero-order chi connectivity index (χ0) is 19.7. The topological polar surface area (TPSA) is 110 Å². The molecule has 26 heavy (non-hydrogen) atoms. The lowest BCUT2D eigenvalue weighted by Crippen LogP contribution is -2.37. The Morgan fingerprint density at radius 2 is 1.92 bits per heavy atom. The minimum atomic E-state index is -4.63. The highest BCUT2D eigenvalue weighted by Crippen LogP contribution is 2.45. The molecule has 1 aliphatic heterocycles. The second-order valence-corrected chi connectivity index (χ2v) is 7.91. The van der Waals surface area contributed by atoms with Crippen molar-refractivity contribution in [2.75, 3.05) is 10.8 Å². The molecule has 1 N–H and O–H groups in total. The Balaban J connectivity index is 2.41. The summed E-state index contributed by atoms with van der Waals surface area (Å²) in [6, 6.07) is 4.47. The van der Waals surface area contributed by atoms with Gasteiger partial charge in [0.15, 0.2) is 5.78 Å². The van der Waals surface area contributed by atoms with Gasteiger partial charge in [0.1, 0.15) is 5.75 Å². The van der Waals surface area contributed by atoms with E-state index >= 15 is 0 Å². The van der Waals surface area contributed by atoms with Gasteiger partial charge in [0.25, 0.3) is 6.29 Å². The minimum absolute atomic E-state index is 0.132. The molecule has 9 heteroatoms. The Morgan fingerprint density at radius 1 is 1.27 bits per heavy atom. The van der Waals surface area contributed by atoms with Crippen molar-refractivity contribution >= 4 is 27.7 Å². The number of hydrogen-bond donors (Lipinski definition) is 1. The Hall–Kier alpha value is -2.13. The summed E-state index contributed by atoms with van der Waals surface area (Å²) in [5.41, 5.74) is 0.00391. The van der Waals surface area contributed by atoms with Gasteiger partial charge in [-0.25, -0.2) is 4.31 Å². The van der Waals surface area contributed by atoms with E-state index in [0.717, 1.165) is 0 Å². The van der Waals surface area contributed by atoms with E-state index in [0.29, 0.717) is 15.6 Å². The zero-order valence-electron chi connectivity index (χ0n) is 15.2. The molecule has 1 atom stereocenters. The average molecular weight is 385 g/mol. The molecule has 0 saturated carbocycles. The largest absolute Gasteiger partial charge is 0.454 e. The number of carbonyl (C=O) groups excluding carboxylic acids is 2. The molecule has 2 rings (SSSR count). The Labute approximate surface area is 153 Å². The molecule has 0 aliphatic carbocycles. The van der Waals surface area contributed by atoms with Gasteiger partial charge in [-0.15, -0.1) is 0 Å². The van der Waals surface area contributed by atoms with Crippen LogP contribution in [0, 0.1) is 0 Å². The van der Waals surface area contributed by atoms with Gasteiger partial charge in [-0.2, -0.15) is 8.42 Å². The van der Waals surface area contributed by atoms with E-state index in [2.05, 4.69) is 0 Å². The van der Waals surface area contributed by atoms with Crippen molar-refractivity contribution < 1.29 is 32.0 Å². The van der Waals surface area contributed by atoms with Gasteiger partial charge >= 0.3 is 16.3 Å². The lowest BCUT2D eigenvalue weighted by Gasteiger charge is -2.26. The molecule has 1 aliphatic rings. The van der Waals surface area contributed by atoms with Crippen LogP contribution in [0.2, 0.25) is 0 Å². The lowest BCUT2D eigenvalue weighted by molar-refractivity contribution is -0.168. The summed E-state index contributed by atoms with van der Waals surface area (Å²) >= 11 is 0. The first-order valence-electron chi connectivity index (χ1n) is 8.28. The summed E-state index contributed by atoms with van der Waals surface area (Å²) in [6.07, 6.45) is -0.509. The highest BCUT2D eigenvalue weighted by Gasteiger charge is 2.44. The fourth-order valence-corrected chi connectivity index (χ4v) is 3.31. The molecule has 0 radical (unpaired) electrons. The standard InChI is InChI=1S/C17H23NO7S/c1-5-12(19)10-18(26(21,22)23)11-7-8-14-13(9-11)17(3,4)16(24-14)25-15(20)6-2/h7-9,16H,5-6,10H2,1-4H3,(H,21,22,23). The molecule has 1 unspecified atom stereocenters. The molecular formula is C17H23NO7S. The molecule has 0 saturated heterocycles. The lowest BCUT2D eigenvalue weighted by atomic mass is 9.85. The third-order valence-electron chi connectivity index (χ3n) is 4.29. The van der Waals surface area contributed by atoms with Crippen molar-refractivity contribution in [1.82, 2.24) is 0 Å². The number of benzene rings is 1. The van der Waals surface area contributed by atoms with Gasteiger partial charge in [-0.3, -0.25) is 14.1 Å². The van der Waals surface area contributed by atoms with Crippen LogP contribution in [0.4, 0.5) is 5.69 Å². The zero-order valence-corrected chi connectivity index (χ0v) is 16.0. The minimum Gasteiger partial charge on any atom is -0.454 e. The fourth-order valence-electron chi connectivity index (χ4n) is 2.62. The number of rotatable bonds is 7. The molecule has 0 spiro atoms. The molecule has 0 fully saturated rings. The summed E-state index contributed by atoms with van der Waals surface area (Å²) in [4.78, 5) is 23.3. The van der Waals surface area contributed by atoms with E-state index in [1.807, 2.05) is 0 Å². The van der Waals surface area contributed by atoms with E-state index in [9.17, 15) is 22.6 Å². The SMILES string of the molecule is CCC(=O)CN(c1ccc2c(c1)C(C)(C)C(OC(=O)CC)O2)S(=O)(=O)O. The van der Waals surface area contributed by atoms with Crippen LogP contribution in [0.3, 0.4) is 0 Å². The van der Waals surface area contributed by atoms with Crippen LogP contribution < -0.4 is 9.04 Å². The van der Waals surface area contributed by atoms with Crippen LogP contribution in [0.5, 0.6) is 5.75 Å². The maximum atomic E-state index is 11.7. The third kappa shape index (κ3) is 3.99. The molecule has 1 aromatic rings. The third-order valence-corrected chi connectivity index (χ3v) is 5.19. The molecular weight excluding hydrogens is 362 g/mol. The van der Waals surface area contributed by atoms with Gasteiger partial charge in [-0.05, 0) is 32.0 Å². The second kappa shape index (κ2) is 7.24. The average Bonchev–Trinajstić information content (AvgIpc) is 2.81. The first kappa shape index (κ1) is 20.2. The predicted octanol–water partition coefficient (Wildman–Crippen LogP) is 2.22. The van der Waals surface area contributed by atoms with Crippen molar-refractivity contribution in [3.8, 4) is 5.75 Å². The van der Waals surface area contributed by atoms with Crippen molar-refractivity contribution in [1.29, 1.82) is 0 Å². The smallest absolute Gasteiger partial charge is 0.360 e. The van der Waals surface area contributed by atoms with Gasteiger partial charge < -0.3 is 9.47 Å². The maximum Gasteiger partial charge on any atom is 0.360 e. The fraction of sp³-hybridized carbons (Fsp3) is 0.529. The predicted molar refractivity (Wildman–Crippen MR) is 94.5 cm³/mol. The number of esters is 1.